The highest BCUT2D eigenvalue weighted by Crippen LogP contribution is 2.66. The highest BCUT2D eigenvalue weighted by molar-refractivity contribution is 6.04. The molecule has 2 nitrogen and oxygen atoms in total. The first kappa shape index (κ1) is 26.5. The maximum atomic E-state index is 12.4. The molecular weight excluding hydrogens is 534 g/mol. The van der Waals surface area contributed by atoms with Crippen LogP contribution in [0.25, 0.3) is 33.4 Å². The summed E-state index contributed by atoms with van der Waals surface area (Å²) in [5.41, 5.74) is 14.0. The predicted molar refractivity (Wildman–Crippen MR) is 183 cm³/mol. The van der Waals surface area contributed by atoms with Gasteiger partial charge in [-0.2, -0.15) is 0 Å². The van der Waals surface area contributed by atoms with E-state index in [0.717, 1.165) is 39.3 Å². The van der Waals surface area contributed by atoms with Crippen molar-refractivity contribution in [3.63, 3.8) is 0 Å². The molecule has 214 valence electrons. The molecule has 6 aromatic carbocycles. The molecule has 2 aliphatic rings. The van der Waals surface area contributed by atoms with Crippen molar-refractivity contribution < 1.29 is 5.11 Å². The average Bonchev–Trinajstić information content (AvgIpc) is 3.45. The summed E-state index contributed by atoms with van der Waals surface area (Å²) in [7, 11) is 0. The Kier molecular flexibility index (Phi) is 5.71. The summed E-state index contributed by atoms with van der Waals surface area (Å²) in [6.45, 7) is 9.24. The van der Waals surface area contributed by atoms with Crippen molar-refractivity contribution >= 4 is 17.1 Å². The molecule has 0 aliphatic heterocycles. The number of fused-ring (bicyclic) bond motifs is 6. The molecule has 0 bridgehead atoms. The lowest BCUT2D eigenvalue weighted by Gasteiger charge is -2.37. The van der Waals surface area contributed by atoms with E-state index in [4.69, 9.17) is 0 Å². The quantitative estimate of drug-likeness (QED) is 0.228. The summed E-state index contributed by atoms with van der Waals surface area (Å²) < 4.78 is 0. The Labute approximate surface area is 259 Å². The van der Waals surface area contributed by atoms with Crippen molar-refractivity contribution in [2.75, 3.05) is 4.90 Å². The zero-order chi connectivity index (χ0) is 30.2. The number of para-hydroxylation sites is 1. The van der Waals surface area contributed by atoms with Crippen LogP contribution >= 0.6 is 0 Å². The molecule has 0 spiro atoms. The number of anilines is 3. The number of nitrogens with zero attached hydrogens (tertiary/aromatic N) is 1. The van der Waals surface area contributed by atoms with Crippen LogP contribution in [-0.4, -0.2) is 5.11 Å². The largest absolute Gasteiger partial charge is 0.507 e. The van der Waals surface area contributed by atoms with Gasteiger partial charge >= 0.3 is 0 Å². The highest BCUT2D eigenvalue weighted by atomic mass is 16.3. The molecule has 0 atom stereocenters. The van der Waals surface area contributed by atoms with Crippen molar-refractivity contribution in [1.29, 1.82) is 0 Å². The summed E-state index contributed by atoms with van der Waals surface area (Å²) in [4.78, 5) is 2.44. The number of hydrogen-bond acceptors (Lipinski definition) is 2. The number of aromatic hydroxyl groups is 1. The van der Waals surface area contributed by atoms with E-state index in [0.29, 0.717) is 5.75 Å². The summed E-state index contributed by atoms with van der Waals surface area (Å²) in [6.07, 6.45) is 0. The maximum absolute atomic E-state index is 12.4. The van der Waals surface area contributed by atoms with Gasteiger partial charge < -0.3 is 10.0 Å². The molecule has 44 heavy (non-hydrogen) atoms. The van der Waals surface area contributed by atoms with Crippen molar-refractivity contribution in [2.24, 2.45) is 0 Å². The van der Waals surface area contributed by atoms with Gasteiger partial charge in [0.25, 0.3) is 0 Å². The Morgan fingerprint density at radius 3 is 1.39 bits per heavy atom. The fourth-order valence-electron chi connectivity index (χ4n) is 7.87. The molecule has 0 unspecified atom stereocenters. The first-order valence-corrected chi connectivity index (χ1v) is 15.4. The molecule has 0 saturated heterocycles. The lowest BCUT2D eigenvalue weighted by molar-refractivity contribution is 0.477. The monoisotopic (exact) mass is 569 g/mol. The molecule has 1 N–H and O–H groups in total. The normalized spacial score (nSPS) is 14.8. The molecule has 0 saturated carbocycles. The van der Waals surface area contributed by atoms with Gasteiger partial charge in [0.1, 0.15) is 5.75 Å². The van der Waals surface area contributed by atoms with Crippen molar-refractivity contribution in [3.8, 4) is 39.1 Å². The molecule has 2 aliphatic carbocycles. The Hall–Kier alpha value is -5.08. The second-order valence-electron chi connectivity index (χ2n) is 13.1. The van der Waals surface area contributed by atoms with E-state index in [1.165, 1.54) is 33.4 Å². The van der Waals surface area contributed by atoms with Crippen LogP contribution in [-0.2, 0) is 10.8 Å². The third-order valence-corrected chi connectivity index (χ3v) is 9.91. The molecule has 8 rings (SSSR count). The third kappa shape index (κ3) is 3.61. The summed E-state index contributed by atoms with van der Waals surface area (Å²) in [5, 5.41) is 12.4. The topological polar surface area (TPSA) is 23.5 Å². The van der Waals surface area contributed by atoms with Gasteiger partial charge in [0, 0.05) is 33.3 Å². The molecule has 0 radical (unpaired) electrons. The number of hydrogen-bond donors (Lipinski definition) is 1. The van der Waals surface area contributed by atoms with Crippen LogP contribution in [0.4, 0.5) is 17.1 Å². The summed E-state index contributed by atoms with van der Waals surface area (Å²) in [5.74, 6) is 0.391. The lowest BCUT2D eigenvalue weighted by Crippen LogP contribution is -2.26. The van der Waals surface area contributed by atoms with Crippen molar-refractivity contribution in [2.45, 2.75) is 38.5 Å². The van der Waals surface area contributed by atoms with Crippen molar-refractivity contribution in [1.82, 2.24) is 0 Å². The van der Waals surface area contributed by atoms with E-state index < -0.39 is 0 Å². The van der Waals surface area contributed by atoms with Gasteiger partial charge in [0.15, 0.2) is 0 Å². The first-order chi connectivity index (χ1) is 21.3. The number of rotatable bonds is 4. The van der Waals surface area contributed by atoms with Gasteiger partial charge in [-0.1, -0.05) is 137 Å². The van der Waals surface area contributed by atoms with Crippen LogP contribution in [0.15, 0.2) is 133 Å². The molecule has 0 aromatic heterocycles. The van der Waals surface area contributed by atoms with Gasteiger partial charge in [-0.15, -0.1) is 0 Å². The predicted octanol–water partition coefficient (Wildman–Crippen LogP) is 11.1. The Balaban J connectivity index is 1.50. The van der Waals surface area contributed by atoms with Crippen LogP contribution in [0.1, 0.15) is 49.9 Å². The molecular formula is C42H35NO. The third-order valence-electron chi connectivity index (χ3n) is 9.91. The number of phenolic OH excluding ortho intramolecular Hbond substituents is 1. The minimum atomic E-state index is -0.338. The minimum absolute atomic E-state index is 0.338. The molecule has 0 heterocycles. The molecule has 2 heteroatoms. The van der Waals surface area contributed by atoms with E-state index in [-0.39, 0.29) is 10.8 Å². The van der Waals surface area contributed by atoms with Crippen LogP contribution < -0.4 is 4.90 Å². The van der Waals surface area contributed by atoms with E-state index in [9.17, 15) is 5.11 Å². The van der Waals surface area contributed by atoms with Crippen molar-refractivity contribution in [3.05, 3.63) is 156 Å². The Bertz CT molecular complexity index is 1970. The van der Waals surface area contributed by atoms with Crippen LogP contribution in [0, 0.1) is 0 Å². The van der Waals surface area contributed by atoms with Gasteiger partial charge in [-0.3, -0.25) is 0 Å². The van der Waals surface area contributed by atoms with Crippen LogP contribution in [0.3, 0.4) is 0 Å². The second-order valence-corrected chi connectivity index (χ2v) is 13.1. The average molecular weight is 570 g/mol. The molecule has 0 amide bonds. The summed E-state index contributed by atoms with van der Waals surface area (Å²) in [6, 6.07) is 47.4. The van der Waals surface area contributed by atoms with Gasteiger partial charge in [-0.25, -0.2) is 0 Å². The maximum Gasteiger partial charge on any atom is 0.132 e. The number of phenols is 1. The van der Waals surface area contributed by atoms with E-state index >= 15 is 0 Å². The van der Waals surface area contributed by atoms with E-state index in [2.05, 4.69) is 166 Å². The van der Waals surface area contributed by atoms with Crippen LogP contribution in [0.5, 0.6) is 5.75 Å². The fraction of sp³-hybridized carbons (Fsp3) is 0.143. The number of benzene rings is 6. The Morgan fingerprint density at radius 2 is 0.864 bits per heavy atom. The standard InChI is InChI=1S/C42H35NO/c1-41(2)33-21-13-11-19-31(33)35-37(41)39(38-36(40(35)44)32-20-12-14-22-34(32)42(38,3)4)43(29-17-9-6-10-18-29)30-25-23-28(24-26-30)27-15-7-5-8-16-27/h5-26,44H,1-4H3. The van der Waals surface area contributed by atoms with E-state index in [1.807, 2.05) is 0 Å². The first-order valence-electron chi connectivity index (χ1n) is 15.4. The van der Waals surface area contributed by atoms with Gasteiger partial charge in [0.05, 0.1) is 5.69 Å². The van der Waals surface area contributed by atoms with Gasteiger partial charge in [-0.05, 0) is 68.8 Å². The SMILES string of the molecule is CC1(C)c2ccccc2-c2c(O)c3c(c(N(c4ccccc4)c4ccc(-c5ccccc5)cc4)c21)C(C)(C)c1ccccc1-3. The van der Waals surface area contributed by atoms with Crippen LogP contribution in [0.2, 0.25) is 0 Å². The highest BCUT2D eigenvalue weighted by Gasteiger charge is 2.48. The van der Waals surface area contributed by atoms with Gasteiger partial charge in [0.2, 0.25) is 0 Å². The molecule has 0 fully saturated rings. The lowest BCUT2D eigenvalue weighted by atomic mass is 9.75. The zero-order valence-corrected chi connectivity index (χ0v) is 25.6. The fourth-order valence-corrected chi connectivity index (χ4v) is 7.87. The second kappa shape index (κ2) is 9.46. The minimum Gasteiger partial charge on any atom is -0.507 e. The summed E-state index contributed by atoms with van der Waals surface area (Å²) >= 11 is 0. The van der Waals surface area contributed by atoms with E-state index in [1.54, 1.807) is 0 Å². The zero-order valence-electron chi connectivity index (χ0n) is 25.6. The molecule has 6 aromatic rings. The Morgan fingerprint density at radius 1 is 0.455 bits per heavy atom. The smallest absolute Gasteiger partial charge is 0.132 e.